The van der Waals surface area contributed by atoms with Crippen molar-refractivity contribution >= 4 is 0 Å². The minimum atomic E-state index is -0.479. The molecule has 1 aromatic rings. The molecule has 0 amide bonds. The molecule has 6 nitrogen and oxygen atoms in total. The van der Waals surface area contributed by atoms with Crippen molar-refractivity contribution in [2.45, 2.75) is 25.6 Å². The molecule has 2 bridgehead atoms. The number of aryl methyl sites for hydroxylation is 1. The van der Waals surface area contributed by atoms with E-state index in [0.29, 0.717) is 0 Å². The zero-order valence-corrected chi connectivity index (χ0v) is 10.2. The van der Waals surface area contributed by atoms with Gasteiger partial charge >= 0.3 is 0 Å². The second kappa shape index (κ2) is 4.36. The van der Waals surface area contributed by atoms with Gasteiger partial charge in [-0.3, -0.25) is 9.80 Å². The maximum Gasteiger partial charge on any atom is 0.114 e. The van der Waals surface area contributed by atoms with Crippen molar-refractivity contribution in [1.29, 1.82) is 0 Å². The molecule has 0 aromatic carbocycles. The van der Waals surface area contributed by atoms with Crippen LogP contribution in [-0.4, -0.2) is 68.7 Å². The topological polar surface area (TPSA) is 57.4 Å². The van der Waals surface area contributed by atoms with Crippen LogP contribution in [0.5, 0.6) is 0 Å². The predicted octanol–water partition coefficient (Wildman–Crippen LogP) is -0.669. The van der Waals surface area contributed by atoms with E-state index in [-0.39, 0.29) is 6.04 Å². The fourth-order valence-corrected chi connectivity index (χ4v) is 2.89. The van der Waals surface area contributed by atoms with Crippen LogP contribution in [0, 0.1) is 0 Å². The Bertz CT molecular complexity index is 385. The smallest absolute Gasteiger partial charge is 0.114 e. The number of rotatable bonds is 3. The van der Waals surface area contributed by atoms with Gasteiger partial charge in [-0.2, -0.15) is 0 Å². The standard InChI is InChI=1S/C11H19N5O/c1-2-16-9(7-12-13-16)11(17)10-8-14-3-5-15(10)6-4-14/h7,10-11,17H,2-6,8H2,1H3. The van der Waals surface area contributed by atoms with Crippen LogP contribution >= 0.6 is 0 Å². The van der Waals surface area contributed by atoms with Crippen LogP contribution in [-0.2, 0) is 6.54 Å². The summed E-state index contributed by atoms with van der Waals surface area (Å²) in [6, 6.07) is 0.196. The summed E-state index contributed by atoms with van der Waals surface area (Å²) in [5, 5.41) is 18.4. The molecule has 3 saturated heterocycles. The molecule has 17 heavy (non-hydrogen) atoms. The first kappa shape index (κ1) is 11.1. The Labute approximate surface area is 101 Å². The molecule has 94 valence electrons. The molecule has 0 radical (unpaired) electrons. The van der Waals surface area contributed by atoms with Gasteiger partial charge in [-0.05, 0) is 6.92 Å². The molecule has 4 rings (SSSR count). The number of hydrogen-bond donors (Lipinski definition) is 1. The third-order valence-corrected chi connectivity index (χ3v) is 3.94. The number of hydrogen-bond acceptors (Lipinski definition) is 5. The second-order valence-electron chi connectivity index (χ2n) is 4.82. The highest BCUT2D eigenvalue weighted by atomic mass is 16.3. The van der Waals surface area contributed by atoms with Crippen LogP contribution in [0.25, 0.3) is 0 Å². The number of nitrogens with zero attached hydrogens (tertiary/aromatic N) is 5. The van der Waals surface area contributed by atoms with E-state index in [4.69, 9.17) is 0 Å². The van der Waals surface area contributed by atoms with Gasteiger partial charge in [0.25, 0.3) is 0 Å². The van der Waals surface area contributed by atoms with Gasteiger partial charge in [0.05, 0.1) is 17.9 Å². The lowest BCUT2D eigenvalue weighted by Crippen LogP contribution is -2.62. The summed E-state index contributed by atoms with van der Waals surface area (Å²) in [5.41, 5.74) is 0.839. The number of aromatic nitrogens is 3. The summed E-state index contributed by atoms with van der Waals surface area (Å²) in [5.74, 6) is 0. The van der Waals surface area contributed by atoms with Gasteiger partial charge in [-0.15, -0.1) is 5.10 Å². The number of piperazine rings is 3. The third kappa shape index (κ3) is 1.86. The first-order valence-corrected chi connectivity index (χ1v) is 6.32. The molecule has 3 aliphatic heterocycles. The molecule has 1 N–H and O–H groups in total. The molecule has 2 unspecified atom stereocenters. The molecule has 1 aromatic heterocycles. The second-order valence-corrected chi connectivity index (χ2v) is 4.82. The molecule has 4 heterocycles. The van der Waals surface area contributed by atoms with Gasteiger partial charge in [-0.25, -0.2) is 4.68 Å². The summed E-state index contributed by atoms with van der Waals surface area (Å²) >= 11 is 0. The zero-order chi connectivity index (χ0) is 11.8. The first-order valence-electron chi connectivity index (χ1n) is 6.32. The number of aliphatic hydroxyl groups excluding tert-OH is 1. The van der Waals surface area contributed by atoms with Crippen molar-refractivity contribution in [3.05, 3.63) is 11.9 Å². The van der Waals surface area contributed by atoms with E-state index in [1.807, 2.05) is 6.92 Å². The van der Waals surface area contributed by atoms with Crippen molar-refractivity contribution in [2.24, 2.45) is 0 Å². The Morgan fingerprint density at radius 3 is 2.76 bits per heavy atom. The highest BCUT2D eigenvalue weighted by Gasteiger charge is 2.37. The predicted molar refractivity (Wildman–Crippen MR) is 62.5 cm³/mol. The van der Waals surface area contributed by atoms with E-state index in [2.05, 4.69) is 20.1 Å². The van der Waals surface area contributed by atoms with Gasteiger partial charge in [-0.1, -0.05) is 5.21 Å². The van der Waals surface area contributed by atoms with E-state index >= 15 is 0 Å². The molecule has 2 atom stereocenters. The molecule has 6 heteroatoms. The maximum atomic E-state index is 10.5. The van der Waals surface area contributed by atoms with Gasteiger partial charge in [0.2, 0.25) is 0 Å². The van der Waals surface area contributed by atoms with Gasteiger partial charge < -0.3 is 5.11 Å². The van der Waals surface area contributed by atoms with E-state index in [1.165, 1.54) is 0 Å². The van der Waals surface area contributed by atoms with Crippen LogP contribution in [0.4, 0.5) is 0 Å². The van der Waals surface area contributed by atoms with E-state index in [0.717, 1.165) is 45.0 Å². The molecule has 0 spiro atoms. The highest BCUT2D eigenvalue weighted by molar-refractivity contribution is 5.06. The Morgan fingerprint density at radius 2 is 2.18 bits per heavy atom. The van der Waals surface area contributed by atoms with Gasteiger partial charge in [0.1, 0.15) is 6.10 Å². The largest absolute Gasteiger partial charge is 0.385 e. The fraction of sp³-hybridized carbons (Fsp3) is 0.818. The van der Waals surface area contributed by atoms with E-state index < -0.39 is 6.10 Å². The molecule has 3 fully saturated rings. The SMILES string of the molecule is CCn1nncc1C(O)C1CN2CCN1CC2. The zero-order valence-electron chi connectivity index (χ0n) is 10.2. The minimum absolute atomic E-state index is 0.196. The van der Waals surface area contributed by atoms with E-state index in [9.17, 15) is 5.11 Å². The fourth-order valence-electron chi connectivity index (χ4n) is 2.89. The van der Waals surface area contributed by atoms with Crippen molar-refractivity contribution < 1.29 is 5.11 Å². The Hall–Kier alpha value is -0.980. The monoisotopic (exact) mass is 237 g/mol. The average molecular weight is 237 g/mol. The lowest BCUT2D eigenvalue weighted by atomic mass is 10.0. The molecule has 3 aliphatic rings. The Morgan fingerprint density at radius 1 is 1.41 bits per heavy atom. The van der Waals surface area contributed by atoms with Crippen molar-refractivity contribution in [3.63, 3.8) is 0 Å². The van der Waals surface area contributed by atoms with Gasteiger partial charge in [0.15, 0.2) is 0 Å². The lowest BCUT2D eigenvalue weighted by molar-refractivity contribution is -0.0495. The highest BCUT2D eigenvalue weighted by Crippen LogP contribution is 2.26. The molecular weight excluding hydrogens is 218 g/mol. The molecule has 0 aliphatic carbocycles. The van der Waals surface area contributed by atoms with Crippen LogP contribution in [0.3, 0.4) is 0 Å². The Kier molecular flexibility index (Phi) is 2.85. The molecular formula is C11H19N5O. The van der Waals surface area contributed by atoms with Gasteiger partial charge in [0, 0.05) is 39.3 Å². The summed E-state index contributed by atoms with van der Waals surface area (Å²) in [6.45, 7) is 8.12. The van der Waals surface area contributed by atoms with Crippen LogP contribution in [0.15, 0.2) is 6.20 Å². The van der Waals surface area contributed by atoms with E-state index in [1.54, 1.807) is 10.9 Å². The third-order valence-electron chi connectivity index (χ3n) is 3.94. The summed E-state index contributed by atoms with van der Waals surface area (Å²) in [4.78, 5) is 4.81. The normalized spacial score (nSPS) is 33.9. The maximum absolute atomic E-state index is 10.5. The summed E-state index contributed by atoms with van der Waals surface area (Å²) in [6.07, 6.45) is 1.21. The van der Waals surface area contributed by atoms with Crippen molar-refractivity contribution in [2.75, 3.05) is 32.7 Å². The van der Waals surface area contributed by atoms with Crippen molar-refractivity contribution in [3.8, 4) is 0 Å². The quantitative estimate of drug-likeness (QED) is 0.755. The Balaban J connectivity index is 1.80. The lowest BCUT2D eigenvalue weighted by Gasteiger charge is -2.48. The van der Waals surface area contributed by atoms with Crippen LogP contribution in [0.2, 0.25) is 0 Å². The first-order chi connectivity index (χ1) is 8.29. The number of fused-ring (bicyclic) bond motifs is 3. The summed E-state index contributed by atoms with van der Waals surface area (Å²) in [7, 11) is 0. The minimum Gasteiger partial charge on any atom is -0.385 e. The van der Waals surface area contributed by atoms with Crippen LogP contribution < -0.4 is 0 Å². The molecule has 0 saturated carbocycles. The average Bonchev–Trinajstić information content (AvgIpc) is 2.87. The summed E-state index contributed by atoms with van der Waals surface area (Å²) < 4.78 is 1.78. The van der Waals surface area contributed by atoms with Crippen LogP contribution in [0.1, 0.15) is 18.7 Å². The van der Waals surface area contributed by atoms with Crippen molar-refractivity contribution in [1.82, 2.24) is 24.8 Å². The number of aliphatic hydroxyl groups is 1.